The molecule has 0 radical (unpaired) electrons. The smallest absolute Gasteiger partial charge is 0.422 e. The third kappa shape index (κ3) is 11.5. The van der Waals surface area contributed by atoms with Gasteiger partial charge in [-0.05, 0) is 47.5 Å². The summed E-state index contributed by atoms with van der Waals surface area (Å²) in [4.78, 5) is 12.5. The first-order valence-corrected chi connectivity index (χ1v) is 34.9. The number of rotatable bonds is 16. The van der Waals surface area contributed by atoms with Crippen LogP contribution in [-0.2, 0) is 49.4 Å². The summed E-state index contributed by atoms with van der Waals surface area (Å²) >= 11 is 0. The molecule has 294 valence electrons. The molecule has 4 saturated heterocycles. The lowest BCUT2D eigenvalue weighted by molar-refractivity contribution is -0.0185. The Morgan fingerprint density at radius 3 is 1.18 bits per heavy atom. The maximum atomic E-state index is 12.5. The summed E-state index contributed by atoms with van der Waals surface area (Å²) in [6.45, 7) is 29.8. The third-order valence-electron chi connectivity index (χ3n) is 8.23. The van der Waals surface area contributed by atoms with E-state index in [-0.39, 0.29) is 35.5 Å². The quantitative estimate of drug-likeness (QED) is 0.199. The van der Waals surface area contributed by atoms with Crippen molar-refractivity contribution in [2.75, 3.05) is 0 Å². The predicted octanol–water partition coefficient (Wildman–Crippen LogP) is 5.39. The van der Waals surface area contributed by atoms with Crippen molar-refractivity contribution in [2.45, 2.75) is 139 Å². The van der Waals surface area contributed by atoms with E-state index >= 15 is 0 Å². The van der Waals surface area contributed by atoms with Gasteiger partial charge < -0.3 is 54.2 Å². The van der Waals surface area contributed by atoms with Crippen molar-refractivity contribution in [3.8, 4) is 0 Å². The fourth-order valence-corrected chi connectivity index (χ4v) is 52.6. The number of hydrogen-bond acceptors (Lipinski definition) is 13. The molecule has 7 unspecified atom stereocenters. The molecule has 4 aliphatic rings. The van der Waals surface area contributed by atoms with Crippen molar-refractivity contribution in [1.29, 1.82) is 0 Å². The Labute approximate surface area is 315 Å². The van der Waals surface area contributed by atoms with Crippen LogP contribution >= 0.6 is 0 Å². The molecule has 0 spiro atoms. The zero-order valence-corrected chi connectivity index (χ0v) is 43.1. The number of hydrogen-bond donors (Lipinski definition) is 1. The lowest BCUT2D eigenvalue weighted by Crippen LogP contribution is -2.84. The Kier molecular flexibility index (Phi) is 14.9. The molecular weight excluding hydrogens is 797 g/mol. The predicted molar refractivity (Wildman–Crippen MR) is 210 cm³/mol. The van der Waals surface area contributed by atoms with Crippen LogP contribution in [0.4, 0.5) is 0 Å². The highest BCUT2D eigenvalue weighted by Gasteiger charge is 2.79. The zero-order chi connectivity index (χ0) is 37.4. The van der Waals surface area contributed by atoms with Crippen molar-refractivity contribution < 1.29 is 54.2 Å². The second kappa shape index (κ2) is 16.9. The number of fused-ring (bicyclic) bond motifs is 4. The summed E-state index contributed by atoms with van der Waals surface area (Å²) < 4.78 is 86.8. The van der Waals surface area contributed by atoms with E-state index in [4.69, 9.17) is 49.4 Å². The van der Waals surface area contributed by atoms with Gasteiger partial charge in [0.25, 0.3) is 10.0 Å². The van der Waals surface area contributed by atoms with Crippen molar-refractivity contribution in [1.82, 2.24) is 0 Å². The van der Waals surface area contributed by atoms with E-state index in [0.717, 1.165) is 6.04 Å². The standard InChI is InChI=1S/C28H68O13Si9/c1-22(2)15-42-30-44(16-23(3)4)33-46(18-25(7)8)35-45(17-24(5)6)31-43-32-50(29)40-48(34-44,20-27(11)12)38-47(37-46,19-26(9)10)39-49(36-45,41-50)21-28(13)14/h22-29H,15-21,42-43H2,1-14H3. The Hall–Kier alpha value is 1.43. The van der Waals surface area contributed by atoms with Crippen LogP contribution in [0.25, 0.3) is 0 Å². The molecule has 4 aliphatic heterocycles. The van der Waals surface area contributed by atoms with Crippen LogP contribution in [0.15, 0.2) is 0 Å². The zero-order valence-electron chi connectivity index (χ0n) is 33.3. The van der Waals surface area contributed by atoms with Gasteiger partial charge in [0.1, 0.15) is 0 Å². The first-order valence-electron chi connectivity index (χ1n) is 18.9. The van der Waals surface area contributed by atoms with Gasteiger partial charge in [0.15, 0.2) is 9.76 Å². The molecule has 0 aliphatic carbocycles. The third-order valence-corrected chi connectivity index (χ3v) is 46.2. The van der Waals surface area contributed by atoms with Crippen LogP contribution < -0.4 is 0 Å². The highest BCUT2D eigenvalue weighted by Crippen LogP contribution is 2.50. The van der Waals surface area contributed by atoms with Crippen molar-refractivity contribution in [2.24, 2.45) is 41.4 Å². The van der Waals surface area contributed by atoms with Crippen LogP contribution in [-0.4, -0.2) is 86.4 Å². The Bertz CT molecular complexity index is 1130. The summed E-state index contributed by atoms with van der Waals surface area (Å²) in [5.41, 5.74) is 0. The topological polar surface area (TPSA) is 131 Å². The largest absolute Gasteiger partial charge is 0.652 e. The molecule has 1 N–H and O–H groups in total. The second-order valence-electron chi connectivity index (χ2n) is 17.6. The Morgan fingerprint density at radius 1 is 0.440 bits per heavy atom. The molecule has 0 aromatic heterocycles. The van der Waals surface area contributed by atoms with Gasteiger partial charge in [-0.3, -0.25) is 0 Å². The van der Waals surface area contributed by atoms with Crippen molar-refractivity contribution in [3.63, 3.8) is 0 Å². The average molecular weight is 866 g/mol. The molecule has 4 fully saturated rings. The molecule has 7 atom stereocenters. The molecular formula is C28H68O13Si9. The van der Waals surface area contributed by atoms with Gasteiger partial charge in [-0.25, -0.2) is 0 Å². The van der Waals surface area contributed by atoms with E-state index in [2.05, 4.69) is 96.9 Å². The van der Waals surface area contributed by atoms with E-state index < -0.39 is 81.6 Å². The van der Waals surface area contributed by atoms with Crippen molar-refractivity contribution >= 4 is 81.6 Å². The first-order chi connectivity index (χ1) is 23.0. The molecule has 0 saturated carbocycles. The van der Waals surface area contributed by atoms with Crippen LogP contribution in [0.3, 0.4) is 0 Å². The molecule has 0 aromatic carbocycles. The molecule has 50 heavy (non-hydrogen) atoms. The molecule has 22 heteroatoms. The Morgan fingerprint density at radius 2 is 0.780 bits per heavy atom. The van der Waals surface area contributed by atoms with E-state index in [1.807, 2.05) is 0 Å². The first kappa shape index (κ1) is 44.2. The van der Waals surface area contributed by atoms with E-state index in [0.29, 0.717) is 42.2 Å². The molecule has 13 nitrogen and oxygen atoms in total. The fraction of sp³-hybridized carbons (Fsp3) is 1.00. The van der Waals surface area contributed by atoms with Crippen LogP contribution in [0.2, 0.25) is 42.3 Å². The van der Waals surface area contributed by atoms with Gasteiger partial charge in [0, 0.05) is 36.3 Å². The van der Waals surface area contributed by atoms with E-state index in [9.17, 15) is 4.80 Å². The molecule has 0 amide bonds. The molecule has 6 bridgehead atoms. The minimum Gasteiger partial charge on any atom is -0.422 e. The van der Waals surface area contributed by atoms with Gasteiger partial charge in [-0.15, -0.1) is 0 Å². The van der Waals surface area contributed by atoms with Gasteiger partial charge in [-0.1, -0.05) is 96.9 Å². The monoisotopic (exact) mass is 864 g/mol. The minimum atomic E-state index is -4.58. The molecule has 4 heterocycles. The maximum Gasteiger partial charge on any atom is 0.652 e. The van der Waals surface area contributed by atoms with Crippen LogP contribution in [0.1, 0.15) is 96.9 Å². The summed E-state index contributed by atoms with van der Waals surface area (Å²) in [6.07, 6.45) is 0. The molecule has 0 aromatic rings. The minimum absolute atomic E-state index is 0.0476. The van der Waals surface area contributed by atoms with Crippen molar-refractivity contribution in [3.05, 3.63) is 0 Å². The summed E-state index contributed by atoms with van der Waals surface area (Å²) in [7, 11) is -31.1. The van der Waals surface area contributed by atoms with Gasteiger partial charge >= 0.3 is 61.9 Å². The van der Waals surface area contributed by atoms with E-state index in [1.54, 1.807) is 0 Å². The van der Waals surface area contributed by atoms with E-state index in [1.165, 1.54) is 0 Å². The summed E-state index contributed by atoms with van der Waals surface area (Å²) in [5.74, 6) is 1.04. The highest BCUT2D eigenvalue weighted by atomic mass is 28.6. The fourth-order valence-electron chi connectivity index (χ4n) is 6.97. The maximum absolute atomic E-state index is 12.5. The van der Waals surface area contributed by atoms with Crippen LogP contribution in [0.5, 0.6) is 0 Å². The summed E-state index contributed by atoms with van der Waals surface area (Å²) in [5, 5.41) is 0. The Balaban J connectivity index is 2.13. The van der Waals surface area contributed by atoms with Crippen LogP contribution in [0, 0.1) is 41.4 Å². The lowest BCUT2D eigenvalue weighted by atomic mass is 10.3. The lowest BCUT2D eigenvalue weighted by Gasteiger charge is -2.59. The second-order valence-corrected chi connectivity index (χ2v) is 41.3. The highest BCUT2D eigenvalue weighted by molar-refractivity contribution is 6.99. The van der Waals surface area contributed by atoms with Gasteiger partial charge in [-0.2, -0.15) is 0 Å². The average Bonchev–Trinajstić information content (AvgIpc) is 2.81. The normalized spacial score (nSPS) is 40.2. The summed E-state index contributed by atoms with van der Waals surface area (Å²) in [6, 6.07) is 3.53. The SMILES string of the molecule is CC(C)C[SiH2]O[Si]1(CC(C)C)O[Si]2(CC(C)C)O[Si]3(O)O[SiH2]O[Si]4(CC(C)C)O[Si](CC(C)C)(O3)O[Si](CC(C)C)(O2)O[Si](CC(C)C)(O1)O4. The van der Waals surface area contributed by atoms with Gasteiger partial charge in [0.05, 0.1) is 0 Å². The molecule has 4 rings (SSSR count). The van der Waals surface area contributed by atoms with Gasteiger partial charge in [0.2, 0.25) is 0 Å².